The molecule has 1 saturated heterocycles. The zero-order chi connectivity index (χ0) is 13.3. The van der Waals surface area contributed by atoms with Crippen LogP contribution in [0.15, 0.2) is 22.7 Å². The molecule has 0 bridgehead atoms. The lowest BCUT2D eigenvalue weighted by Crippen LogP contribution is -2.54. The molecule has 0 aromatic heterocycles. The van der Waals surface area contributed by atoms with E-state index in [0.29, 0.717) is 12.1 Å². The molecule has 0 radical (unpaired) electrons. The number of nitrogens with two attached hydrogens (primary N) is 1. The predicted molar refractivity (Wildman–Crippen MR) is 80.5 cm³/mol. The Labute approximate surface area is 118 Å². The number of likely N-dealkylation sites (N-methyl/N-ethyl adjacent to an activating group) is 1. The van der Waals surface area contributed by atoms with E-state index < -0.39 is 0 Å². The van der Waals surface area contributed by atoms with E-state index in [1.54, 1.807) is 0 Å². The van der Waals surface area contributed by atoms with Crippen LogP contribution in [0.25, 0.3) is 0 Å². The molecule has 1 heterocycles. The van der Waals surface area contributed by atoms with Crippen molar-refractivity contribution in [1.29, 1.82) is 0 Å². The fourth-order valence-electron chi connectivity index (χ4n) is 2.60. The van der Waals surface area contributed by atoms with Crippen LogP contribution >= 0.6 is 15.9 Å². The normalized spacial score (nSPS) is 26.4. The number of nitrogen functional groups attached to an aromatic ring is 1. The average molecular weight is 312 g/mol. The van der Waals surface area contributed by atoms with Gasteiger partial charge in [0.1, 0.15) is 0 Å². The van der Waals surface area contributed by atoms with Crippen LogP contribution in [0.2, 0.25) is 0 Å². The van der Waals surface area contributed by atoms with E-state index in [0.717, 1.165) is 29.8 Å². The number of benzene rings is 1. The molecule has 4 heteroatoms. The maximum Gasteiger partial charge on any atom is 0.0318 e. The first kappa shape index (κ1) is 13.8. The molecule has 3 nitrogen and oxygen atoms in total. The third-order valence-electron chi connectivity index (χ3n) is 3.90. The highest BCUT2D eigenvalue weighted by molar-refractivity contribution is 9.10. The molecule has 2 N–H and O–H groups in total. The fraction of sp³-hybridized carbons (Fsp3) is 0.571. The molecule has 0 aliphatic carbocycles. The summed E-state index contributed by atoms with van der Waals surface area (Å²) in [6, 6.07) is 7.25. The van der Waals surface area contributed by atoms with Crippen molar-refractivity contribution in [1.82, 2.24) is 9.80 Å². The topological polar surface area (TPSA) is 32.5 Å². The maximum atomic E-state index is 5.86. The number of rotatable bonds is 2. The summed E-state index contributed by atoms with van der Waals surface area (Å²) in [5.41, 5.74) is 7.97. The van der Waals surface area contributed by atoms with Gasteiger partial charge in [-0.2, -0.15) is 0 Å². The van der Waals surface area contributed by atoms with Crippen LogP contribution in [0.5, 0.6) is 0 Å². The van der Waals surface area contributed by atoms with Gasteiger partial charge in [0.25, 0.3) is 0 Å². The predicted octanol–water partition coefficient (Wildman–Crippen LogP) is 2.56. The number of hydrogen-bond acceptors (Lipinski definition) is 3. The van der Waals surface area contributed by atoms with Gasteiger partial charge in [-0.05, 0) is 44.7 Å². The van der Waals surface area contributed by atoms with Gasteiger partial charge >= 0.3 is 0 Å². The summed E-state index contributed by atoms with van der Waals surface area (Å²) in [5.74, 6) is 0. The minimum atomic E-state index is 0.605. The van der Waals surface area contributed by atoms with E-state index in [2.05, 4.69) is 52.7 Å². The summed E-state index contributed by atoms with van der Waals surface area (Å²) >= 11 is 3.61. The van der Waals surface area contributed by atoms with E-state index in [1.165, 1.54) is 5.56 Å². The van der Waals surface area contributed by atoms with Crippen LogP contribution in [0.3, 0.4) is 0 Å². The number of hydrogen-bond donors (Lipinski definition) is 1. The molecular weight excluding hydrogens is 290 g/mol. The Hall–Kier alpha value is -0.580. The molecule has 18 heavy (non-hydrogen) atoms. The molecule has 100 valence electrons. The van der Waals surface area contributed by atoms with Gasteiger partial charge in [-0.15, -0.1) is 0 Å². The van der Waals surface area contributed by atoms with E-state index in [9.17, 15) is 0 Å². The van der Waals surface area contributed by atoms with Gasteiger partial charge < -0.3 is 5.73 Å². The molecule has 2 unspecified atom stereocenters. The van der Waals surface area contributed by atoms with Crippen LogP contribution in [-0.4, -0.2) is 42.0 Å². The van der Waals surface area contributed by atoms with Crippen LogP contribution in [0, 0.1) is 0 Å². The van der Waals surface area contributed by atoms with E-state index in [1.807, 2.05) is 12.1 Å². The lowest BCUT2D eigenvalue weighted by molar-refractivity contribution is 0.0555. The van der Waals surface area contributed by atoms with Crippen molar-refractivity contribution in [2.75, 3.05) is 25.9 Å². The zero-order valence-electron chi connectivity index (χ0n) is 11.4. The van der Waals surface area contributed by atoms with Crippen molar-refractivity contribution in [2.45, 2.75) is 32.5 Å². The van der Waals surface area contributed by atoms with Gasteiger partial charge in [0.2, 0.25) is 0 Å². The van der Waals surface area contributed by atoms with Gasteiger partial charge in [0, 0.05) is 41.9 Å². The van der Waals surface area contributed by atoms with Gasteiger partial charge in [-0.3, -0.25) is 9.80 Å². The first-order valence-electron chi connectivity index (χ1n) is 6.45. The van der Waals surface area contributed by atoms with Crippen molar-refractivity contribution >= 4 is 21.6 Å². The first-order valence-corrected chi connectivity index (χ1v) is 7.25. The van der Waals surface area contributed by atoms with E-state index >= 15 is 0 Å². The van der Waals surface area contributed by atoms with Gasteiger partial charge in [0.05, 0.1) is 0 Å². The van der Waals surface area contributed by atoms with E-state index in [-0.39, 0.29) is 0 Å². The van der Waals surface area contributed by atoms with Gasteiger partial charge in [0.15, 0.2) is 0 Å². The Kier molecular flexibility index (Phi) is 4.30. The lowest BCUT2D eigenvalue weighted by atomic mass is 10.1. The van der Waals surface area contributed by atoms with Crippen LogP contribution < -0.4 is 5.73 Å². The van der Waals surface area contributed by atoms with Crippen LogP contribution in [0.1, 0.15) is 19.4 Å². The highest BCUT2D eigenvalue weighted by atomic mass is 79.9. The van der Waals surface area contributed by atoms with Crippen LogP contribution in [-0.2, 0) is 6.54 Å². The molecule has 0 amide bonds. The number of piperazine rings is 1. The zero-order valence-corrected chi connectivity index (χ0v) is 12.9. The second kappa shape index (κ2) is 5.59. The maximum absolute atomic E-state index is 5.86. The molecule has 2 rings (SSSR count). The monoisotopic (exact) mass is 311 g/mol. The quantitative estimate of drug-likeness (QED) is 0.852. The summed E-state index contributed by atoms with van der Waals surface area (Å²) < 4.78 is 1.15. The largest absolute Gasteiger partial charge is 0.399 e. The standard InChI is InChI=1S/C14H22BrN3/c1-10-7-18(8-11(2)17(10)3)9-12-6-13(16)4-5-14(12)15/h4-6,10-11H,7-9,16H2,1-3H3. The summed E-state index contributed by atoms with van der Waals surface area (Å²) in [6.07, 6.45) is 0. The third kappa shape index (κ3) is 3.05. The molecule has 0 spiro atoms. The number of nitrogens with zero attached hydrogens (tertiary/aromatic N) is 2. The Morgan fingerprint density at radius 3 is 2.50 bits per heavy atom. The second-order valence-electron chi connectivity index (χ2n) is 5.41. The Morgan fingerprint density at radius 1 is 1.28 bits per heavy atom. The summed E-state index contributed by atoms with van der Waals surface area (Å²) in [7, 11) is 2.21. The minimum Gasteiger partial charge on any atom is -0.399 e. The summed E-state index contributed by atoms with van der Waals surface area (Å²) in [4.78, 5) is 4.96. The molecule has 1 aromatic rings. The second-order valence-corrected chi connectivity index (χ2v) is 6.26. The molecule has 1 aliphatic heterocycles. The molecule has 1 aliphatic rings. The van der Waals surface area contributed by atoms with Crippen LogP contribution in [0.4, 0.5) is 5.69 Å². The molecule has 0 saturated carbocycles. The van der Waals surface area contributed by atoms with Crippen molar-refractivity contribution in [3.05, 3.63) is 28.2 Å². The molecule has 1 fully saturated rings. The molecule has 1 aromatic carbocycles. The van der Waals surface area contributed by atoms with E-state index in [4.69, 9.17) is 5.73 Å². The lowest BCUT2D eigenvalue weighted by Gasteiger charge is -2.42. The Balaban J connectivity index is 2.07. The summed E-state index contributed by atoms with van der Waals surface area (Å²) in [6.45, 7) is 7.77. The van der Waals surface area contributed by atoms with Gasteiger partial charge in [-0.1, -0.05) is 15.9 Å². The Morgan fingerprint density at radius 2 is 1.89 bits per heavy atom. The molecule has 2 atom stereocenters. The van der Waals surface area contributed by atoms with Crippen molar-refractivity contribution in [2.24, 2.45) is 0 Å². The SMILES string of the molecule is CC1CN(Cc2cc(N)ccc2Br)CC(C)N1C. The van der Waals surface area contributed by atoms with Crippen molar-refractivity contribution < 1.29 is 0 Å². The Bertz CT molecular complexity index is 410. The number of anilines is 1. The minimum absolute atomic E-state index is 0.605. The fourth-order valence-corrected chi connectivity index (χ4v) is 2.97. The highest BCUT2D eigenvalue weighted by Crippen LogP contribution is 2.23. The highest BCUT2D eigenvalue weighted by Gasteiger charge is 2.26. The average Bonchev–Trinajstić information content (AvgIpc) is 2.31. The summed E-state index contributed by atoms with van der Waals surface area (Å²) in [5, 5.41) is 0. The number of halogens is 1. The molecular formula is C14H22BrN3. The smallest absolute Gasteiger partial charge is 0.0318 e. The first-order chi connectivity index (χ1) is 8.47. The van der Waals surface area contributed by atoms with Crippen molar-refractivity contribution in [3.8, 4) is 0 Å². The third-order valence-corrected chi connectivity index (χ3v) is 4.67. The van der Waals surface area contributed by atoms with Gasteiger partial charge in [-0.25, -0.2) is 0 Å². The van der Waals surface area contributed by atoms with Crippen molar-refractivity contribution in [3.63, 3.8) is 0 Å².